The first-order valence-electron chi connectivity index (χ1n) is 14.1. The van der Waals surface area contributed by atoms with Crippen molar-refractivity contribution in [3.05, 3.63) is 46.6 Å². The molecule has 42 heavy (non-hydrogen) atoms. The molecule has 2 aromatic heterocycles. The van der Waals surface area contributed by atoms with Gasteiger partial charge >= 0.3 is 23.5 Å². The lowest BCUT2D eigenvalue weighted by molar-refractivity contribution is -0.250. The molecule has 2 aromatic rings. The third-order valence-corrected chi connectivity index (χ3v) is 9.22. The number of hydrogen-bond donors (Lipinski definition) is 1. The minimum absolute atomic E-state index is 0.0526. The highest BCUT2D eigenvalue weighted by Gasteiger charge is 2.67. The summed E-state index contributed by atoms with van der Waals surface area (Å²) < 4.78 is 27.8. The number of pyridine rings is 1. The van der Waals surface area contributed by atoms with E-state index in [4.69, 9.17) is 18.6 Å². The van der Waals surface area contributed by atoms with E-state index in [0.717, 1.165) is 0 Å². The summed E-state index contributed by atoms with van der Waals surface area (Å²) in [5.74, 6) is -1.25. The Labute approximate surface area is 244 Å². The van der Waals surface area contributed by atoms with Gasteiger partial charge in [0.2, 0.25) is 0 Å². The van der Waals surface area contributed by atoms with Crippen LogP contribution < -0.4 is 10.4 Å². The molecule has 0 amide bonds. The van der Waals surface area contributed by atoms with Crippen LogP contribution in [0.1, 0.15) is 72.5 Å². The highest BCUT2D eigenvalue weighted by atomic mass is 16.6. The SMILES string of the molecule is CC(=O)OC1CCC2(C)C(CC(OC(C)=O)C3(C)Oc4cc(-c5cccnc5)oc(=O)c4C(O)C23)C1C.COC(C)=O. The molecular formula is C31H39NO10. The van der Waals surface area contributed by atoms with Crippen LogP contribution in [0.25, 0.3) is 11.3 Å². The highest BCUT2D eigenvalue weighted by molar-refractivity contribution is 5.67. The maximum atomic E-state index is 13.2. The fourth-order valence-corrected chi connectivity index (χ4v) is 7.39. The zero-order valence-electron chi connectivity index (χ0n) is 25.0. The maximum Gasteiger partial charge on any atom is 0.345 e. The second kappa shape index (κ2) is 11.9. The summed E-state index contributed by atoms with van der Waals surface area (Å²) in [5, 5.41) is 11.8. The van der Waals surface area contributed by atoms with Gasteiger partial charge in [-0.3, -0.25) is 19.4 Å². The number of esters is 3. The third kappa shape index (κ3) is 5.66. The predicted molar refractivity (Wildman–Crippen MR) is 149 cm³/mol. The van der Waals surface area contributed by atoms with E-state index in [1.165, 1.54) is 27.9 Å². The van der Waals surface area contributed by atoms with E-state index >= 15 is 0 Å². The van der Waals surface area contributed by atoms with Crippen molar-refractivity contribution in [1.29, 1.82) is 0 Å². The number of nitrogens with zero attached hydrogens (tertiary/aromatic N) is 1. The van der Waals surface area contributed by atoms with E-state index in [1.807, 2.05) is 13.8 Å². The number of carbonyl (C=O) groups is 3. The Kier molecular flexibility index (Phi) is 8.82. The van der Waals surface area contributed by atoms with Crippen LogP contribution in [0.5, 0.6) is 5.75 Å². The molecule has 3 heterocycles. The Morgan fingerprint density at radius 2 is 1.76 bits per heavy atom. The molecule has 8 atom stereocenters. The van der Waals surface area contributed by atoms with Gasteiger partial charge in [-0.05, 0) is 55.6 Å². The number of carbonyl (C=O) groups excluding carboxylic acids is 3. The molecule has 11 nitrogen and oxygen atoms in total. The topological polar surface area (TPSA) is 151 Å². The first-order valence-corrected chi connectivity index (χ1v) is 14.1. The van der Waals surface area contributed by atoms with Crippen molar-refractivity contribution in [2.75, 3.05) is 7.11 Å². The Morgan fingerprint density at radius 1 is 1.10 bits per heavy atom. The van der Waals surface area contributed by atoms with Crippen molar-refractivity contribution in [1.82, 2.24) is 4.98 Å². The average Bonchev–Trinajstić information content (AvgIpc) is 2.91. The minimum atomic E-state index is -1.21. The van der Waals surface area contributed by atoms with Crippen molar-refractivity contribution in [2.24, 2.45) is 23.2 Å². The van der Waals surface area contributed by atoms with Crippen LogP contribution in [0.15, 0.2) is 39.8 Å². The van der Waals surface area contributed by atoms with Crippen molar-refractivity contribution < 1.29 is 42.9 Å². The van der Waals surface area contributed by atoms with Gasteiger partial charge in [0, 0.05) is 50.7 Å². The Bertz CT molecular complexity index is 1390. The van der Waals surface area contributed by atoms with Gasteiger partial charge in [0.1, 0.15) is 34.9 Å². The number of aliphatic hydroxyl groups excluding tert-OH is 1. The van der Waals surface area contributed by atoms with Crippen LogP contribution in [0.3, 0.4) is 0 Å². The van der Waals surface area contributed by atoms with Crippen molar-refractivity contribution in [3.8, 4) is 17.1 Å². The van der Waals surface area contributed by atoms with Gasteiger partial charge in [-0.1, -0.05) is 13.8 Å². The van der Waals surface area contributed by atoms with Crippen LogP contribution in [0.2, 0.25) is 0 Å². The van der Waals surface area contributed by atoms with E-state index in [2.05, 4.69) is 16.6 Å². The molecule has 0 spiro atoms. The second-order valence-corrected chi connectivity index (χ2v) is 11.8. The Hall–Kier alpha value is -3.73. The average molecular weight is 586 g/mol. The third-order valence-electron chi connectivity index (χ3n) is 9.22. The summed E-state index contributed by atoms with van der Waals surface area (Å²) in [6.07, 6.45) is 2.74. The van der Waals surface area contributed by atoms with E-state index in [9.17, 15) is 24.3 Å². The summed E-state index contributed by atoms with van der Waals surface area (Å²) in [4.78, 5) is 50.9. The highest BCUT2D eigenvalue weighted by Crippen LogP contribution is 2.64. The van der Waals surface area contributed by atoms with Crippen LogP contribution in [0.4, 0.5) is 0 Å². The van der Waals surface area contributed by atoms with Crippen molar-refractivity contribution in [3.63, 3.8) is 0 Å². The fourth-order valence-electron chi connectivity index (χ4n) is 7.39. The molecule has 2 fully saturated rings. The van der Waals surface area contributed by atoms with Crippen molar-refractivity contribution >= 4 is 17.9 Å². The molecular weight excluding hydrogens is 546 g/mol. The van der Waals surface area contributed by atoms with Gasteiger partial charge < -0.3 is 28.5 Å². The van der Waals surface area contributed by atoms with Crippen LogP contribution in [-0.2, 0) is 28.6 Å². The molecule has 0 saturated heterocycles. The number of ether oxygens (including phenoxy) is 4. The van der Waals surface area contributed by atoms with Crippen molar-refractivity contribution in [2.45, 2.75) is 84.7 Å². The quantitative estimate of drug-likeness (QED) is 0.411. The lowest BCUT2D eigenvalue weighted by Gasteiger charge is -2.64. The van der Waals surface area contributed by atoms with Gasteiger partial charge in [-0.25, -0.2) is 4.79 Å². The summed E-state index contributed by atoms with van der Waals surface area (Å²) in [6, 6.07) is 5.09. The maximum absolute atomic E-state index is 13.2. The zero-order valence-corrected chi connectivity index (χ0v) is 25.0. The minimum Gasteiger partial charge on any atom is -0.482 e. The second-order valence-electron chi connectivity index (χ2n) is 11.8. The number of fused-ring (bicyclic) bond motifs is 4. The first-order chi connectivity index (χ1) is 19.7. The molecule has 0 bridgehead atoms. The molecule has 5 rings (SSSR count). The summed E-state index contributed by atoms with van der Waals surface area (Å²) in [5.41, 5.74) is -1.63. The van der Waals surface area contributed by atoms with Crippen LogP contribution in [0, 0.1) is 23.2 Å². The molecule has 0 radical (unpaired) electrons. The summed E-state index contributed by atoms with van der Waals surface area (Å²) in [7, 11) is 1.35. The lowest BCUT2D eigenvalue weighted by Crippen LogP contribution is -2.69. The molecule has 1 aliphatic heterocycles. The molecule has 8 unspecified atom stereocenters. The number of aromatic nitrogens is 1. The molecule has 1 N–H and O–H groups in total. The lowest BCUT2D eigenvalue weighted by atomic mass is 9.46. The van der Waals surface area contributed by atoms with E-state index in [1.54, 1.807) is 30.6 Å². The monoisotopic (exact) mass is 585 g/mol. The van der Waals surface area contributed by atoms with Crippen LogP contribution >= 0.6 is 0 Å². The summed E-state index contributed by atoms with van der Waals surface area (Å²) >= 11 is 0. The molecule has 2 saturated carbocycles. The Balaban J connectivity index is 0.000000748. The largest absolute Gasteiger partial charge is 0.482 e. The predicted octanol–water partition coefficient (Wildman–Crippen LogP) is 4.00. The number of hydrogen-bond acceptors (Lipinski definition) is 11. The number of aliphatic hydroxyl groups is 1. The number of methoxy groups -OCH3 is 1. The van der Waals surface area contributed by atoms with Gasteiger partial charge in [-0.15, -0.1) is 0 Å². The fraction of sp³-hybridized carbons (Fsp3) is 0.581. The first kappa shape index (κ1) is 31.2. The molecule has 228 valence electrons. The molecule has 0 aromatic carbocycles. The van der Waals surface area contributed by atoms with Gasteiger partial charge in [0.15, 0.2) is 0 Å². The standard InChI is InChI=1S/C28H33NO8.C3H6O2/c1-14-18-11-22(35-16(3)31)28(5)25(27(18,4)9-8-19(14)34-15(2)30)24(32)23-21(37-28)12-20(36-26(23)33)17-7-6-10-29-13-17;1-3(4)5-2/h6-7,10,12-14,18-19,22,24-25,32H,8-9,11H2,1-5H3;1-2H3. The number of rotatable bonds is 3. The van der Waals surface area contributed by atoms with Gasteiger partial charge in [-0.2, -0.15) is 0 Å². The normalized spacial score (nSPS) is 32.8. The van der Waals surface area contributed by atoms with Gasteiger partial charge in [0.25, 0.3) is 0 Å². The van der Waals surface area contributed by atoms with E-state index < -0.39 is 40.7 Å². The zero-order chi connectivity index (χ0) is 31.0. The van der Waals surface area contributed by atoms with E-state index in [0.29, 0.717) is 24.8 Å². The molecule has 3 aliphatic rings. The molecule has 11 heteroatoms. The summed E-state index contributed by atoms with van der Waals surface area (Å²) in [6.45, 7) is 10.1. The van der Waals surface area contributed by atoms with E-state index in [-0.39, 0.29) is 47.0 Å². The molecule has 2 aliphatic carbocycles. The van der Waals surface area contributed by atoms with Gasteiger partial charge in [0.05, 0.1) is 13.2 Å². The Morgan fingerprint density at radius 3 is 2.33 bits per heavy atom. The smallest absolute Gasteiger partial charge is 0.345 e. The van der Waals surface area contributed by atoms with Crippen LogP contribution in [-0.4, -0.2) is 52.9 Å².